The monoisotopic (exact) mass is 249 g/mol. The summed E-state index contributed by atoms with van der Waals surface area (Å²) in [7, 11) is 0. The van der Waals surface area contributed by atoms with Crippen LogP contribution in [0.25, 0.3) is 11.1 Å². The Balaban J connectivity index is 0.00000162. The van der Waals surface area contributed by atoms with Crippen LogP contribution in [-0.4, -0.2) is 5.97 Å². The van der Waals surface area contributed by atoms with Crippen molar-refractivity contribution in [2.24, 2.45) is 0 Å². The average Bonchev–Trinajstić information content (AvgIpc) is 2.32. The van der Waals surface area contributed by atoms with Crippen molar-refractivity contribution in [3.8, 4) is 11.1 Å². The molecule has 2 aromatic rings. The Bertz CT molecular complexity index is 541. The number of anilines is 1. The van der Waals surface area contributed by atoms with Crippen molar-refractivity contribution in [1.29, 1.82) is 0 Å². The van der Waals surface area contributed by atoms with Crippen LogP contribution in [0.4, 0.5) is 5.69 Å². The van der Waals surface area contributed by atoms with E-state index in [1.165, 1.54) is 0 Å². The molecule has 0 atom stereocenters. The normalized spacial score (nSPS) is 9.56. The van der Waals surface area contributed by atoms with Gasteiger partial charge >= 0.3 is 29.6 Å². The second kappa shape index (κ2) is 6.59. The molecule has 0 spiro atoms. The van der Waals surface area contributed by atoms with Crippen molar-refractivity contribution in [2.45, 2.75) is 6.42 Å². The van der Waals surface area contributed by atoms with E-state index in [9.17, 15) is 9.90 Å². The van der Waals surface area contributed by atoms with Crippen molar-refractivity contribution in [2.75, 3.05) is 5.73 Å². The molecule has 2 N–H and O–H groups in total. The Kier molecular flexibility index (Phi) is 5.41. The molecule has 0 aliphatic carbocycles. The maximum atomic E-state index is 10.5. The van der Waals surface area contributed by atoms with E-state index in [1.54, 1.807) is 12.1 Å². The quantitative estimate of drug-likeness (QED) is 0.517. The molecular weight excluding hydrogens is 237 g/mol. The number of hydrogen-bond acceptors (Lipinski definition) is 3. The molecule has 0 unspecified atom stereocenters. The first kappa shape index (κ1) is 14.8. The molecule has 3 nitrogen and oxygen atoms in total. The Hall–Kier alpha value is -1.29. The molecule has 0 saturated heterocycles. The van der Waals surface area contributed by atoms with E-state index in [0.717, 1.165) is 11.1 Å². The number of carboxylic acid groups (broad SMARTS) is 1. The predicted octanol–water partition coefficient (Wildman–Crippen LogP) is -1.77. The van der Waals surface area contributed by atoms with Crippen molar-refractivity contribution in [3.63, 3.8) is 0 Å². The first-order valence-electron chi connectivity index (χ1n) is 5.30. The van der Waals surface area contributed by atoms with E-state index in [4.69, 9.17) is 5.73 Å². The van der Waals surface area contributed by atoms with E-state index >= 15 is 0 Å². The first-order valence-corrected chi connectivity index (χ1v) is 5.30. The number of carboxylic acids is 1. The summed E-state index contributed by atoms with van der Waals surface area (Å²) in [5.41, 5.74) is 8.92. The van der Waals surface area contributed by atoms with Crippen LogP contribution >= 0.6 is 0 Å². The number of rotatable bonds is 3. The van der Waals surface area contributed by atoms with Gasteiger partial charge in [-0.15, -0.1) is 0 Å². The van der Waals surface area contributed by atoms with Crippen LogP contribution in [0.2, 0.25) is 0 Å². The zero-order valence-corrected chi connectivity index (χ0v) is 12.2. The van der Waals surface area contributed by atoms with E-state index in [0.29, 0.717) is 11.3 Å². The SMILES string of the molecule is Nc1cc(-c2ccccc2)ccc1CC(=O)[O-].[Na+]. The fourth-order valence-electron chi connectivity index (χ4n) is 1.72. The van der Waals surface area contributed by atoms with E-state index in [1.807, 2.05) is 36.4 Å². The molecule has 86 valence electrons. The summed E-state index contributed by atoms with van der Waals surface area (Å²) in [5, 5.41) is 10.5. The van der Waals surface area contributed by atoms with Crippen LogP contribution in [0.15, 0.2) is 48.5 Å². The maximum Gasteiger partial charge on any atom is 1.00 e. The summed E-state index contributed by atoms with van der Waals surface area (Å²) in [6, 6.07) is 15.2. The van der Waals surface area contributed by atoms with Crippen molar-refractivity contribution >= 4 is 11.7 Å². The molecule has 0 aliphatic rings. The fraction of sp³-hybridized carbons (Fsp3) is 0.0714. The second-order valence-electron chi connectivity index (χ2n) is 3.83. The van der Waals surface area contributed by atoms with Gasteiger partial charge in [-0.2, -0.15) is 0 Å². The molecule has 0 aromatic heterocycles. The van der Waals surface area contributed by atoms with Gasteiger partial charge in [-0.05, 0) is 22.8 Å². The smallest absolute Gasteiger partial charge is 0.550 e. The summed E-state index contributed by atoms with van der Waals surface area (Å²) in [6.45, 7) is 0. The minimum Gasteiger partial charge on any atom is -0.550 e. The molecule has 0 saturated carbocycles. The predicted molar refractivity (Wildman–Crippen MR) is 65.0 cm³/mol. The summed E-state index contributed by atoms with van der Waals surface area (Å²) >= 11 is 0. The van der Waals surface area contributed by atoms with Gasteiger partial charge in [0, 0.05) is 18.1 Å². The largest absolute Gasteiger partial charge is 1.00 e. The molecular formula is C14H12NNaO2. The van der Waals surface area contributed by atoms with E-state index in [-0.39, 0.29) is 36.0 Å². The van der Waals surface area contributed by atoms with Crippen molar-refractivity contribution in [3.05, 3.63) is 54.1 Å². The van der Waals surface area contributed by atoms with Gasteiger partial charge in [-0.25, -0.2) is 0 Å². The number of aliphatic carboxylic acids is 1. The van der Waals surface area contributed by atoms with E-state index in [2.05, 4.69) is 0 Å². The van der Waals surface area contributed by atoms with Crippen LogP contribution in [0.1, 0.15) is 5.56 Å². The van der Waals surface area contributed by atoms with Crippen LogP contribution < -0.4 is 40.4 Å². The Morgan fingerprint density at radius 3 is 2.28 bits per heavy atom. The van der Waals surface area contributed by atoms with Gasteiger partial charge in [0.25, 0.3) is 0 Å². The number of hydrogen-bond donors (Lipinski definition) is 1. The molecule has 0 bridgehead atoms. The Morgan fingerprint density at radius 1 is 1.06 bits per heavy atom. The topological polar surface area (TPSA) is 66.2 Å². The zero-order valence-electron chi connectivity index (χ0n) is 10.2. The number of carbonyl (C=O) groups excluding carboxylic acids is 1. The Morgan fingerprint density at radius 2 is 1.72 bits per heavy atom. The standard InChI is InChI=1S/C14H13NO2.Na/c15-13-8-11(10-4-2-1-3-5-10)6-7-12(13)9-14(16)17;/h1-8H,9,15H2,(H,16,17);/q;+1/p-1. The summed E-state index contributed by atoms with van der Waals surface area (Å²) in [4.78, 5) is 10.5. The fourth-order valence-corrected chi connectivity index (χ4v) is 1.72. The molecule has 0 heterocycles. The maximum absolute atomic E-state index is 10.5. The van der Waals surface area contributed by atoms with Crippen LogP contribution in [0.5, 0.6) is 0 Å². The van der Waals surface area contributed by atoms with Crippen LogP contribution in [-0.2, 0) is 11.2 Å². The third-order valence-electron chi connectivity index (χ3n) is 2.59. The molecule has 4 heteroatoms. The zero-order chi connectivity index (χ0) is 12.3. The molecule has 18 heavy (non-hydrogen) atoms. The van der Waals surface area contributed by atoms with Crippen LogP contribution in [0, 0.1) is 0 Å². The molecule has 2 aromatic carbocycles. The average molecular weight is 249 g/mol. The minimum atomic E-state index is -1.12. The minimum absolute atomic E-state index is 0. The van der Waals surface area contributed by atoms with Gasteiger partial charge in [-0.1, -0.05) is 42.5 Å². The summed E-state index contributed by atoms with van der Waals surface area (Å²) in [5.74, 6) is -1.12. The van der Waals surface area contributed by atoms with E-state index < -0.39 is 5.97 Å². The molecule has 0 radical (unpaired) electrons. The number of nitrogens with two attached hydrogens (primary N) is 1. The number of nitrogen functional groups attached to an aromatic ring is 1. The molecule has 2 rings (SSSR count). The second-order valence-corrected chi connectivity index (χ2v) is 3.83. The van der Waals surface area contributed by atoms with Gasteiger partial charge < -0.3 is 15.6 Å². The first-order chi connectivity index (χ1) is 8.16. The summed E-state index contributed by atoms with van der Waals surface area (Å²) < 4.78 is 0. The van der Waals surface area contributed by atoms with Crippen molar-refractivity contribution in [1.82, 2.24) is 0 Å². The summed E-state index contributed by atoms with van der Waals surface area (Å²) in [6.07, 6.45) is -0.152. The third kappa shape index (κ3) is 3.60. The van der Waals surface area contributed by atoms with Gasteiger partial charge in [0.15, 0.2) is 0 Å². The molecule has 0 amide bonds. The Labute approximate surface area is 128 Å². The van der Waals surface area contributed by atoms with Crippen molar-refractivity contribution < 1.29 is 39.5 Å². The van der Waals surface area contributed by atoms with Gasteiger partial charge in [0.05, 0.1) is 0 Å². The van der Waals surface area contributed by atoms with Gasteiger partial charge in [-0.3, -0.25) is 0 Å². The van der Waals surface area contributed by atoms with Gasteiger partial charge in [0.2, 0.25) is 0 Å². The van der Waals surface area contributed by atoms with Crippen LogP contribution in [0.3, 0.4) is 0 Å². The number of carbonyl (C=O) groups is 1. The number of benzene rings is 2. The third-order valence-corrected chi connectivity index (χ3v) is 2.59. The van der Waals surface area contributed by atoms with Gasteiger partial charge in [0.1, 0.15) is 0 Å². The molecule has 0 fully saturated rings. The molecule has 0 aliphatic heterocycles.